The zero-order valence-corrected chi connectivity index (χ0v) is 10.1. The highest BCUT2D eigenvalue weighted by atomic mass is 19.4. The van der Waals surface area contributed by atoms with Crippen molar-refractivity contribution in [3.05, 3.63) is 52.8 Å². The van der Waals surface area contributed by atoms with Gasteiger partial charge in [-0.1, -0.05) is 30.3 Å². The minimum atomic E-state index is -5.16. The van der Waals surface area contributed by atoms with Gasteiger partial charge in [-0.15, -0.1) is 0 Å². The molecule has 0 atom stereocenters. The lowest BCUT2D eigenvalue weighted by atomic mass is 10.0. The van der Waals surface area contributed by atoms with Gasteiger partial charge in [-0.05, 0) is 0 Å². The van der Waals surface area contributed by atoms with Gasteiger partial charge in [0.15, 0.2) is 5.69 Å². The Morgan fingerprint density at radius 2 is 1.67 bits per heavy atom. The average Bonchev–Trinajstić information content (AvgIpc) is 2.85. The highest BCUT2D eigenvalue weighted by molar-refractivity contribution is 5.91. The van der Waals surface area contributed by atoms with E-state index in [0.717, 1.165) is 12.1 Å². The van der Waals surface area contributed by atoms with Crippen LogP contribution in [0.3, 0.4) is 0 Å². The number of hydrogen-bond donors (Lipinski definition) is 2. The van der Waals surface area contributed by atoms with Gasteiger partial charge in [-0.25, -0.2) is 4.79 Å². The standard InChI is InChI=1S/C12H7F5N2O2/c13-11(14,6-4-2-1-3-5-6)8-7(10(20)21)9(19-18-8)12(15,16)17/h1-5H,(H,18,19)(H,20,21). The maximum absolute atomic E-state index is 14.2. The predicted octanol–water partition coefficient (Wildman–Crippen LogP) is 3.27. The molecule has 2 rings (SSSR count). The number of carboxylic acid groups (broad SMARTS) is 1. The molecule has 0 radical (unpaired) electrons. The number of nitrogens with one attached hydrogen (secondary N) is 1. The molecule has 1 heterocycles. The van der Waals surface area contributed by atoms with Crippen LogP contribution >= 0.6 is 0 Å². The van der Waals surface area contributed by atoms with Crippen molar-refractivity contribution in [1.82, 2.24) is 10.2 Å². The van der Waals surface area contributed by atoms with Gasteiger partial charge in [0.05, 0.1) is 0 Å². The van der Waals surface area contributed by atoms with E-state index in [1.807, 2.05) is 0 Å². The van der Waals surface area contributed by atoms with Gasteiger partial charge in [-0.2, -0.15) is 27.1 Å². The molecule has 9 heteroatoms. The number of carboxylic acids is 1. The summed E-state index contributed by atoms with van der Waals surface area (Å²) in [6.45, 7) is 0. The second kappa shape index (κ2) is 4.83. The van der Waals surface area contributed by atoms with Crippen molar-refractivity contribution in [1.29, 1.82) is 0 Å². The van der Waals surface area contributed by atoms with Gasteiger partial charge >= 0.3 is 18.1 Å². The summed E-state index contributed by atoms with van der Waals surface area (Å²) in [7, 11) is 0. The summed E-state index contributed by atoms with van der Waals surface area (Å²) in [6, 6.07) is 5.89. The minimum absolute atomic E-state index is 0.648. The molecule has 0 aliphatic rings. The molecule has 0 saturated heterocycles. The molecule has 0 spiro atoms. The molecular weight excluding hydrogens is 299 g/mol. The van der Waals surface area contributed by atoms with E-state index < -0.39 is 40.6 Å². The molecule has 4 nitrogen and oxygen atoms in total. The van der Waals surface area contributed by atoms with E-state index in [4.69, 9.17) is 5.11 Å². The lowest BCUT2D eigenvalue weighted by Crippen LogP contribution is -2.21. The quantitative estimate of drug-likeness (QED) is 0.855. The third-order valence-corrected chi connectivity index (χ3v) is 2.70. The number of halogens is 5. The summed E-state index contributed by atoms with van der Waals surface area (Å²) >= 11 is 0. The Labute approximate surface area is 114 Å². The smallest absolute Gasteiger partial charge is 0.436 e. The Bertz CT molecular complexity index is 664. The summed E-state index contributed by atoms with van der Waals surface area (Å²) in [6.07, 6.45) is -5.16. The third-order valence-electron chi connectivity index (χ3n) is 2.70. The van der Waals surface area contributed by atoms with Gasteiger partial charge in [0.2, 0.25) is 0 Å². The van der Waals surface area contributed by atoms with Gasteiger partial charge in [-0.3, -0.25) is 5.10 Å². The number of aromatic amines is 1. The molecule has 112 valence electrons. The number of aromatic nitrogens is 2. The van der Waals surface area contributed by atoms with E-state index in [-0.39, 0.29) is 0 Å². The molecule has 1 aromatic heterocycles. The van der Waals surface area contributed by atoms with Crippen LogP contribution in [-0.4, -0.2) is 21.3 Å². The van der Waals surface area contributed by atoms with Gasteiger partial charge in [0, 0.05) is 5.56 Å². The molecule has 21 heavy (non-hydrogen) atoms. The number of carbonyl (C=O) groups is 1. The van der Waals surface area contributed by atoms with Gasteiger partial charge < -0.3 is 5.11 Å². The average molecular weight is 306 g/mol. The van der Waals surface area contributed by atoms with Crippen molar-refractivity contribution >= 4 is 5.97 Å². The fourth-order valence-electron chi connectivity index (χ4n) is 1.77. The molecule has 0 fully saturated rings. The van der Waals surface area contributed by atoms with Gasteiger partial charge in [0.25, 0.3) is 0 Å². The van der Waals surface area contributed by atoms with Crippen LogP contribution in [0.25, 0.3) is 0 Å². The van der Waals surface area contributed by atoms with Crippen molar-refractivity contribution in [2.24, 2.45) is 0 Å². The number of rotatable bonds is 3. The molecule has 1 aromatic carbocycles. The zero-order chi connectivity index (χ0) is 15.8. The van der Waals surface area contributed by atoms with Crippen molar-refractivity contribution in [3.63, 3.8) is 0 Å². The van der Waals surface area contributed by atoms with E-state index in [0.29, 0.717) is 0 Å². The molecular formula is C12H7F5N2O2. The zero-order valence-electron chi connectivity index (χ0n) is 10.1. The maximum Gasteiger partial charge on any atom is 0.436 e. The molecule has 0 aliphatic carbocycles. The van der Waals surface area contributed by atoms with Crippen molar-refractivity contribution in [3.8, 4) is 0 Å². The number of aromatic carboxylic acids is 1. The van der Waals surface area contributed by atoms with Crippen molar-refractivity contribution in [2.75, 3.05) is 0 Å². The van der Waals surface area contributed by atoms with Crippen LogP contribution in [0.2, 0.25) is 0 Å². The highest BCUT2D eigenvalue weighted by Gasteiger charge is 2.47. The molecule has 2 aromatic rings. The first-order valence-electron chi connectivity index (χ1n) is 5.48. The fourth-order valence-corrected chi connectivity index (χ4v) is 1.77. The van der Waals surface area contributed by atoms with Crippen molar-refractivity contribution in [2.45, 2.75) is 12.1 Å². The van der Waals surface area contributed by atoms with Crippen LogP contribution in [0.4, 0.5) is 22.0 Å². The van der Waals surface area contributed by atoms with Crippen LogP contribution in [0.5, 0.6) is 0 Å². The summed E-state index contributed by atoms with van der Waals surface area (Å²) in [4.78, 5) is 10.9. The maximum atomic E-state index is 14.2. The monoisotopic (exact) mass is 306 g/mol. The number of benzene rings is 1. The molecule has 0 aliphatic heterocycles. The number of hydrogen-bond acceptors (Lipinski definition) is 2. The number of nitrogens with zero attached hydrogens (tertiary/aromatic N) is 1. The SMILES string of the molecule is O=C(O)c1c(C(F)(F)F)n[nH]c1C(F)(F)c1ccccc1. The first-order chi connectivity index (χ1) is 9.65. The highest BCUT2D eigenvalue weighted by Crippen LogP contribution is 2.40. The Morgan fingerprint density at radius 1 is 1.10 bits per heavy atom. The topological polar surface area (TPSA) is 66.0 Å². The Morgan fingerprint density at radius 3 is 2.14 bits per heavy atom. The second-order valence-electron chi connectivity index (χ2n) is 4.07. The summed E-state index contributed by atoms with van der Waals surface area (Å²) in [5.74, 6) is -6.09. The van der Waals surface area contributed by atoms with Crippen LogP contribution < -0.4 is 0 Å². The first-order valence-corrected chi connectivity index (χ1v) is 5.48. The fraction of sp³-hybridized carbons (Fsp3) is 0.167. The van der Waals surface area contributed by atoms with Crippen LogP contribution in [0, 0.1) is 0 Å². The number of alkyl halides is 5. The summed E-state index contributed by atoms with van der Waals surface area (Å²) < 4.78 is 66.3. The summed E-state index contributed by atoms with van der Waals surface area (Å²) in [5.41, 5.74) is -5.53. The lowest BCUT2D eigenvalue weighted by molar-refractivity contribution is -0.141. The molecule has 0 bridgehead atoms. The third kappa shape index (κ3) is 2.58. The first kappa shape index (κ1) is 14.9. The van der Waals surface area contributed by atoms with E-state index in [1.165, 1.54) is 23.3 Å². The van der Waals surface area contributed by atoms with Crippen LogP contribution in [-0.2, 0) is 12.1 Å². The van der Waals surface area contributed by atoms with E-state index in [9.17, 15) is 26.7 Å². The van der Waals surface area contributed by atoms with Crippen LogP contribution in [0.1, 0.15) is 27.3 Å². The largest absolute Gasteiger partial charge is 0.478 e. The predicted molar refractivity (Wildman–Crippen MR) is 60.0 cm³/mol. The van der Waals surface area contributed by atoms with E-state index in [2.05, 4.69) is 5.10 Å². The lowest BCUT2D eigenvalue weighted by Gasteiger charge is -2.16. The van der Waals surface area contributed by atoms with Crippen molar-refractivity contribution < 1.29 is 31.9 Å². The minimum Gasteiger partial charge on any atom is -0.478 e. The van der Waals surface area contributed by atoms with Gasteiger partial charge in [0.1, 0.15) is 11.3 Å². The molecule has 0 amide bonds. The molecule has 2 N–H and O–H groups in total. The summed E-state index contributed by atoms with van der Waals surface area (Å²) in [5, 5.41) is 13.0. The number of H-pyrrole nitrogens is 1. The normalized spacial score (nSPS) is 12.4. The Hall–Kier alpha value is -2.45. The van der Waals surface area contributed by atoms with Crippen LogP contribution in [0.15, 0.2) is 30.3 Å². The second-order valence-corrected chi connectivity index (χ2v) is 4.07. The molecule has 0 saturated carbocycles. The Kier molecular flexibility index (Phi) is 3.44. The van der Waals surface area contributed by atoms with E-state index in [1.54, 1.807) is 0 Å². The molecule has 0 unspecified atom stereocenters. The Balaban J connectivity index is 2.65. The van der Waals surface area contributed by atoms with E-state index >= 15 is 0 Å².